The number of aromatic carboxylic acids is 1. The number of rotatable bonds is 5. The normalized spacial score (nSPS) is 16.3. The minimum atomic E-state index is -1.31. The molecule has 0 aliphatic carbocycles. The molecule has 3 aromatic rings. The fourth-order valence-corrected chi connectivity index (χ4v) is 3.84. The highest BCUT2D eigenvalue weighted by atomic mass is 19.1. The number of nitrogens with one attached hydrogen (secondary N) is 1. The van der Waals surface area contributed by atoms with Crippen LogP contribution in [0, 0.1) is 5.82 Å². The Morgan fingerprint density at radius 2 is 2.10 bits per heavy atom. The number of pyridine rings is 2. The molecule has 1 aliphatic heterocycles. The molecule has 29 heavy (non-hydrogen) atoms. The molecule has 4 rings (SSSR count). The summed E-state index contributed by atoms with van der Waals surface area (Å²) in [4.78, 5) is 29.8. The van der Waals surface area contributed by atoms with Gasteiger partial charge in [0.05, 0.1) is 11.2 Å². The average molecular weight is 396 g/mol. The van der Waals surface area contributed by atoms with Gasteiger partial charge in [0, 0.05) is 55.3 Å². The lowest BCUT2D eigenvalue weighted by Gasteiger charge is -2.21. The maximum Gasteiger partial charge on any atom is 0.341 e. The van der Waals surface area contributed by atoms with Gasteiger partial charge in [-0.05, 0) is 37.6 Å². The third kappa shape index (κ3) is 3.53. The fraction of sp³-hybridized carbons (Fsp3) is 0.286. The SMILES string of the molecule is CCn1cc(C(=O)O)c(=O)c2cc(F)c(N3CCC(Nc4ccncc4)C3)cc21. The van der Waals surface area contributed by atoms with E-state index in [1.54, 1.807) is 23.0 Å². The number of carbonyl (C=O) groups is 1. The topological polar surface area (TPSA) is 87.5 Å². The number of hydrogen-bond donors (Lipinski definition) is 2. The second-order valence-corrected chi connectivity index (χ2v) is 7.10. The van der Waals surface area contributed by atoms with Gasteiger partial charge < -0.3 is 19.9 Å². The molecule has 1 aromatic carbocycles. The van der Waals surface area contributed by atoms with Crippen molar-refractivity contribution in [3.8, 4) is 0 Å². The van der Waals surface area contributed by atoms with Gasteiger partial charge >= 0.3 is 5.97 Å². The Morgan fingerprint density at radius 1 is 1.34 bits per heavy atom. The number of carboxylic acids is 1. The van der Waals surface area contributed by atoms with Crippen molar-refractivity contribution in [1.29, 1.82) is 0 Å². The molecule has 1 unspecified atom stereocenters. The number of anilines is 2. The molecule has 150 valence electrons. The average Bonchev–Trinajstić information content (AvgIpc) is 3.17. The van der Waals surface area contributed by atoms with E-state index in [-0.39, 0.29) is 17.0 Å². The zero-order chi connectivity index (χ0) is 20.5. The summed E-state index contributed by atoms with van der Waals surface area (Å²) < 4.78 is 16.6. The van der Waals surface area contributed by atoms with Gasteiger partial charge in [0.15, 0.2) is 0 Å². The number of aromatic nitrogens is 2. The molecular weight excluding hydrogens is 375 g/mol. The number of nitrogens with zero attached hydrogens (tertiary/aromatic N) is 3. The summed E-state index contributed by atoms with van der Waals surface area (Å²) in [6, 6.07) is 6.75. The van der Waals surface area contributed by atoms with E-state index in [1.807, 2.05) is 24.0 Å². The van der Waals surface area contributed by atoms with Crippen molar-refractivity contribution in [3.05, 3.63) is 64.5 Å². The summed E-state index contributed by atoms with van der Waals surface area (Å²) in [5.41, 5.74) is 0.896. The monoisotopic (exact) mass is 396 g/mol. The Bertz CT molecular complexity index is 1130. The lowest BCUT2D eigenvalue weighted by Crippen LogP contribution is -2.27. The molecule has 1 saturated heterocycles. The maximum atomic E-state index is 14.9. The van der Waals surface area contributed by atoms with E-state index in [2.05, 4.69) is 10.3 Å². The van der Waals surface area contributed by atoms with Gasteiger partial charge in [-0.15, -0.1) is 0 Å². The maximum absolute atomic E-state index is 14.9. The Balaban J connectivity index is 1.68. The molecule has 7 nitrogen and oxygen atoms in total. The lowest BCUT2D eigenvalue weighted by atomic mass is 10.1. The first kappa shape index (κ1) is 18.9. The predicted octanol–water partition coefficient (Wildman–Crippen LogP) is 2.94. The number of carboxylic acid groups (broad SMARTS) is 1. The smallest absolute Gasteiger partial charge is 0.341 e. The van der Waals surface area contributed by atoms with Crippen LogP contribution in [0.1, 0.15) is 23.7 Å². The summed E-state index contributed by atoms with van der Waals surface area (Å²) in [6.45, 7) is 3.61. The van der Waals surface area contributed by atoms with Gasteiger partial charge in [-0.25, -0.2) is 9.18 Å². The highest BCUT2D eigenvalue weighted by Crippen LogP contribution is 2.29. The third-order valence-electron chi connectivity index (χ3n) is 5.30. The molecule has 0 bridgehead atoms. The largest absolute Gasteiger partial charge is 0.477 e. The van der Waals surface area contributed by atoms with Crippen molar-refractivity contribution in [2.75, 3.05) is 23.3 Å². The molecule has 2 aromatic heterocycles. The number of benzene rings is 1. The van der Waals surface area contributed by atoms with Crippen LogP contribution in [0.3, 0.4) is 0 Å². The zero-order valence-corrected chi connectivity index (χ0v) is 15.9. The van der Waals surface area contributed by atoms with Crippen LogP contribution in [-0.2, 0) is 6.54 Å². The van der Waals surface area contributed by atoms with Crippen LogP contribution in [0.5, 0.6) is 0 Å². The van der Waals surface area contributed by atoms with Gasteiger partial charge in [-0.2, -0.15) is 0 Å². The lowest BCUT2D eigenvalue weighted by molar-refractivity contribution is 0.0695. The molecule has 2 N–H and O–H groups in total. The molecule has 1 aliphatic rings. The molecule has 0 radical (unpaired) electrons. The van der Waals surface area contributed by atoms with E-state index in [0.29, 0.717) is 30.8 Å². The van der Waals surface area contributed by atoms with Crippen molar-refractivity contribution in [1.82, 2.24) is 9.55 Å². The number of hydrogen-bond acceptors (Lipinski definition) is 5. The molecule has 0 saturated carbocycles. The summed E-state index contributed by atoms with van der Waals surface area (Å²) >= 11 is 0. The first-order valence-electron chi connectivity index (χ1n) is 9.49. The van der Waals surface area contributed by atoms with Crippen molar-refractivity contribution < 1.29 is 14.3 Å². The minimum Gasteiger partial charge on any atom is -0.477 e. The van der Waals surface area contributed by atoms with Gasteiger partial charge in [-0.1, -0.05) is 0 Å². The Labute approximate surface area is 166 Å². The summed E-state index contributed by atoms with van der Waals surface area (Å²) in [5.74, 6) is -1.84. The van der Waals surface area contributed by atoms with Gasteiger partial charge in [-0.3, -0.25) is 9.78 Å². The summed E-state index contributed by atoms with van der Waals surface area (Å²) in [7, 11) is 0. The molecule has 8 heteroatoms. The van der Waals surface area contributed by atoms with E-state index >= 15 is 0 Å². The second kappa shape index (κ2) is 7.54. The highest BCUT2D eigenvalue weighted by molar-refractivity contribution is 5.93. The Hall–Kier alpha value is -3.42. The number of aryl methyl sites for hydroxylation is 1. The Kier molecular flexibility index (Phi) is 4.92. The van der Waals surface area contributed by atoms with Crippen LogP contribution in [0.15, 0.2) is 47.7 Å². The van der Waals surface area contributed by atoms with Crippen LogP contribution in [0.2, 0.25) is 0 Å². The van der Waals surface area contributed by atoms with E-state index in [4.69, 9.17) is 0 Å². The van der Waals surface area contributed by atoms with E-state index < -0.39 is 17.2 Å². The van der Waals surface area contributed by atoms with Gasteiger partial charge in [0.25, 0.3) is 0 Å². The molecule has 3 heterocycles. The molecule has 0 spiro atoms. The van der Waals surface area contributed by atoms with Crippen molar-refractivity contribution in [2.24, 2.45) is 0 Å². The van der Waals surface area contributed by atoms with Crippen molar-refractivity contribution in [3.63, 3.8) is 0 Å². The Morgan fingerprint density at radius 3 is 2.79 bits per heavy atom. The van der Waals surface area contributed by atoms with Crippen LogP contribution < -0.4 is 15.6 Å². The second-order valence-electron chi connectivity index (χ2n) is 7.10. The first-order valence-corrected chi connectivity index (χ1v) is 9.49. The molecule has 1 atom stereocenters. The first-order chi connectivity index (χ1) is 14.0. The predicted molar refractivity (Wildman–Crippen MR) is 109 cm³/mol. The van der Waals surface area contributed by atoms with Crippen LogP contribution >= 0.6 is 0 Å². The summed E-state index contributed by atoms with van der Waals surface area (Å²) in [6.07, 6.45) is 5.60. The summed E-state index contributed by atoms with van der Waals surface area (Å²) in [5, 5.41) is 12.8. The fourth-order valence-electron chi connectivity index (χ4n) is 3.84. The standard InChI is InChI=1S/C21H21FN4O3/c1-2-25-12-16(21(28)29)20(27)15-9-17(22)19(10-18(15)25)26-8-5-14(11-26)24-13-3-6-23-7-4-13/h3-4,6-7,9-10,12,14H,2,5,8,11H2,1H3,(H,23,24)(H,28,29). The van der Waals surface area contributed by atoms with E-state index in [0.717, 1.165) is 18.2 Å². The minimum absolute atomic E-state index is 0.0821. The van der Waals surface area contributed by atoms with Gasteiger partial charge in [0.1, 0.15) is 11.4 Å². The van der Waals surface area contributed by atoms with Crippen LogP contribution in [-0.4, -0.2) is 39.8 Å². The molecule has 0 amide bonds. The molecule has 1 fully saturated rings. The highest BCUT2D eigenvalue weighted by Gasteiger charge is 2.26. The number of halogens is 1. The number of fused-ring (bicyclic) bond motifs is 1. The molecular formula is C21H21FN4O3. The van der Waals surface area contributed by atoms with Gasteiger partial charge in [0.2, 0.25) is 5.43 Å². The van der Waals surface area contributed by atoms with Crippen LogP contribution in [0.25, 0.3) is 10.9 Å². The quantitative estimate of drug-likeness (QED) is 0.690. The van der Waals surface area contributed by atoms with E-state index in [1.165, 1.54) is 6.20 Å². The zero-order valence-electron chi connectivity index (χ0n) is 15.9. The van der Waals surface area contributed by atoms with E-state index in [9.17, 15) is 19.1 Å². The van der Waals surface area contributed by atoms with Crippen molar-refractivity contribution in [2.45, 2.75) is 25.9 Å². The van der Waals surface area contributed by atoms with Crippen LogP contribution in [0.4, 0.5) is 15.8 Å². The third-order valence-corrected chi connectivity index (χ3v) is 5.30. The van der Waals surface area contributed by atoms with Crippen molar-refractivity contribution >= 4 is 28.2 Å².